The van der Waals surface area contributed by atoms with Gasteiger partial charge in [-0.1, -0.05) is 26.8 Å². The van der Waals surface area contributed by atoms with Crippen molar-refractivity contribution in [3.8, 4) is 17.1 Å². The van der Waals surface area contributed by atoms with Crippen LogP contribution in [0.1, 0.15) is 39.7 Å². The van der Waals surface area contributed by atoms with E-state index >= 15 is 0 Å². The van der Waals surface area contributed by atoms with Gasteiger partial charge in [-0.25, -0.2) is 4.98 Å². The molecule has 2 aromatic carbocycles. The monoisotopic (exact) mass is 420 g/mol. The minimum absolute atomic E-state index is 0.125. The molecule has 0 aliphatic carbocycles. The molecule has 1 N–H and O–H groups in total. The first-order valence-corrected chi connectivity index (χ1v) is 11.5. The predicted octanol–water partition coefficient (Wildman–Crippen LogP) is 4.93. The van der Waals surface area contributed by atoms with Crippen LogP contribution < -0.4 is 4.74 Å². The lowest BCUT2D eigenvalue weighted by atomic mass is 9.87. The first-order chi connectivity index (χ1) is 14.8. The molecule has 0 radical (unpaired) electrons. The third kappa shape index (κ3) is 5.28. The molecule has 1 aliphatic rings. The van der Waals surface area contributed by atoms with Crippen molar-refractivity contribution in [2.75, 3.05) is 39.8 Å². The van der Waals surface area contributed by atoms with E-state index in [4.69, 9.17) is 9.72 Å². The largest absolute Gasteiger partial charge is 0.494 e. The molecule has 1 fully saturated rings. The predicted molar refractivity (Wildman–Crippen MR) is 129 cm³/mol. The fourth-order valence-corrected chi connectivity index (χ4v) is 4.11. The van der Waals surface area contributed by atoms with Gasteiger partial charge in [0.25, 0.3) is 0 Å². The summed E-state index contributed by atoms with van der Waals surface area (Å²) in [6, 6.07) is 15.3. The van der Waals surface area contributed by atoms with E-state index in [0.717, 1.165) is 67.4 Å². The lowest BCUT2D eigenvalue weighted by Gasteiger charge is -2.36. The molecule has 31 heavy (non-hydrogen) atoms. The second-order valence-corrected chi connectivity index (χ2v) is 9.92. The number of benzene rings is 2. The maximum Gasteiger partial charge on any atom is 0.138 e. The first kappa shape index (κ1) is 21.8. The Morgan fingerprint density at radius 3 is 2.42 bits per heavy atom. The third-order valence-corrected chi connectivity index (χ3v) is 6.44. The SMILES string of the molecule is CC(CCOc1ccc(-c2nc3ccc(C(C)(C)C)cc3[nH]2)cc1)N1CCN(C)CC1. The number of hydrogen-bond acceptors (Lipinski definition) is 4. The van der Waals surface area contributed by atoms with Crippen molar-refractivity contribution in [3.63, 3.8) is 0 Å². The molecular formula is C26H36N4O. The topological polar surface area (TPSA) is 44.4 Å². The van der Waals surface area contributed by atoms with Gasteiger partial charge in [0.1, 0.15) is 11.6 Å². The molecule has 1 aromatic heterocycles. The smallest absolute Gasteiger partial charge is 0.138 e. The van der Waals surface area contributed by atoms with Gasteiger partial charge in [0, 0.05) is 37.8 Å². The maximum atomic E-state index is 6.02. The summed E-state index contributed by atoms with van der Waals surface area (Å²) in [4.78, 5) is 13.2. The summed E-state index contributed by atoms with van der Waals surface area (Å²) in [6.07, 6.45) is 1.05. The Morgan fingerprint density at radius 2 is 1.74 bits per heavy atom. The molecule has 1 aliphatic heterocycles. The number of fused-ring (bicyclic) bond motifs is 1. The highest BCUT2D eigenvalue weighted by atomic mass is 16.5. The van der Waals surface area contributed by atoms with Crippen LogP contribution in [-0.2, 0) is 5.41 Å². The number of likely N-dealkylation sites (N-methyl/N-ethyl adjacent to an activating group) is 1. The van der Waals surface area contributed by atoms with E-state index in [-0.39, 0.29) is 5.41 Å². The van der Waals surface area contributed by atoms with Crippen molar-refractivity contribution < 1.29 is 4.74 Å². The molecule has 0 spiro atoms. The fourth-order valence-electron chi connectivity index (χ4n) is 4.11. The van der Waals surface area contributed by atoms with Crippen molar-refractivity contribution in [1.29, 1.82) is 0 Å². The summed E-state index contributed by atoms with van der Waals surface area (Å²) in [5.74, 6) is 1.82. The van der Waals surface area contributed by atoms with E-state index in [0.29, 0.717) is 6.04 Å². The number of aromatic amines is 1. The summed E-state index contributed by atoms with van der Waals surface area (Å²) in [7, 11) is 2.20. The molecule has 4 rings (SSSR count). The number of hydrogen-bond donors (Lipinski definition) is 1. The van der Waals surface area contributed by atoms with Crippen LogP contribution in [-0.4, -0.2) is 65.6 Å². The van der Waals surface area contributed by atoms with Crippen LogP contribution >= 0.6 is 0 Å². The Kier molecular flexibility index (Phi) is 6.35. The molecule has 2 heterocycles. The van der Waals surface area contributed by atoms with Gasteiger partial charge in [-0.3, -0.25) is 4.90 Å². The van der Waals surface area contributed by atoms with E-state index in [1.54, 1.807) is 0 Å². The highest BCUT2D eigenvalue weighted by Gasteiger charge is 2.19. The van der Waals surface area contributed by atoms with Gasteiger partial charge in [0.2, 0.25) is 0 Å². The highest BCUT2D eigenvalue weighted by Crippen LogP contribution is 2.28. The molecule has 3 aromatic rings. The van der Waals surface area contributed by atoms with Gasteiger partial charge in [0.05, 0.1) is 17.6 Å². The number of piperazine rings is 1. The first-order valence-electron chi connectivity index (χ1n) is 11.5. The normalized spacial score (nSPS) is 17.2. The Labute approximate surface area is 186 Å². The van der Waals surface area contributed by atoms with E-state index in [9.17, 15) is 0 Å². The van der Waals surface area contributed by atoms with E-state index in [1.807, 2.05) is 12.1 Å². The fraction of sp³-hybridized carbons (Fsp3) is 0.500. The Bertz CT molecular complexity index is 994. The summed E-state index contributed by atoms with van der Waals surface area (Å²) < 4.78 is 6.02. The number of imidazole rings is 1. The lowest BCUT2D eigenvalue weighted by Crippen LogP contribution is -2.48. The van der Waals surface area contributed by atoms with E-state index in [1.165, 1.54) is 5.56 Å². The van der Waals surface area contributed by atoms with Gasteiger partial charge in [-0.15, -0.1) is 0 Å². The van der Waals surface area contributed by atoms with Gasteiger partial charge < -0.3 is 14.6 Å². The Hall–Kier alpha value is -2.37. The molecule has 0 bridgehead atoms. The lowest BCUT2D eigenvalue weighted by molar-refractivity contribution is 0.106. The van der Waals surface area contributed by atoms with Crippen molar-refractivity contribution in [2.24, 2.45) is 0 Å². The number of H-pyrrole nitrogens is 1. The Balaban J connectivity index is 1.35. The van der Waals surface area contributed by atoms with Crippen LogP contribution in [0.15, 0.2) is 42.5 Å². The van der Waals surface area contributed by atoms with Crippen LogP contribution in [0, 0.1) is 0 Å². The van der Waals surface area contributed by atoms with Gasteiger partial charge >= 0.3 is 0 Å². The Morgan fingerprint density at radius 1 is 1.03 bits per heavy atom. The zero-order valence-corrected chi connectivity index (χ0v) is 19.6. The average molecular weight is 421 g/mol. The number of nitrogens with zero attached hydrogens (tertiary/aromatic N) is 3. The zero-order valence-electron chi connectivity index (χ0n) is 19.6. The number of nitrogens with one attached hydrogen (secondary N) is 1. The summed E-state index contributed by atoms with van der Waals surface area (Å²) in [6.45, 7) is 14.4. The van der Waals surface area contributed by atoms with Gasteiger partial charge in [-0.2, -0.15) is 0 Å². The standard InChI is InChI=1S/C26H36N4O/c1-19(30-15-13-29(5)14-16-30)12-17-31-22-9-6-20(7-10-22)25-27-23-11-8-21(26(2,3)4)18-24(23)28-25/h6-11,18-19H,12-17H2,1-5H3,(H,27,28). The number of ether oxygens (including phenoxy) is 1. The third-order valence-electron chi connectivity index (χ3n) is 6.44. The second kappa shape index (κ2) is 9.01. The average Bonchev–Trinajstić information content (AvgIpc) is 3.17. The summed E-state index contributed by atoms with van der Waals surface area (Å²) >= 11 is 0. The molecule has 5 heteroatoms. The van der Waals surface area contributed by atoms with Gasteiger partial charge in [-0.05, 0) is 67.8 Å². The van der Waals surface area contributed by atoms with Crippen molar-refractivity contribution in [3.05, 3.63) is 48.0 Å². The van der Waals surface area contributed by atoms with Crippen LogP contribution in [0.3, 0.4) is 0 Å². The van der Waals surface area contributed by atoms with Crippen molar-refractivity contribution in [1.82, 2.24) is 19.8 Å². The van der Waals surface area contributed by atoms with Crippen LogP contribution in [0.2, 0.25) is 0 Å². The highest BCUT2D eigenvalue weighted by molar-refractivity contribution is 5.80. The minimum Gasteiger partial charge on any atom is -0.494 e. The minimum atomic E-state index is 0.125. The number of rotatable bonds is 6. The summed E-state index contributed by atoms with van der Waals surface area (Å²) in [5, 5.41) is 0. The maximum absolute atomic E-state index is 6.02. The second-order valence-electron chi connectivity index (χ2n) is 9.92. The molecular weight excluding hydrogens is 384 g/mol. The summed E-state index contributed by atoms with van der Waals surface area (Å²) in [5.41, 5.74) is 4.60. The van der Waals surface area contributed by atoms with Crippen molar-refractivity contribution in [2.45, 2.75) is 45.6 Å². The molecule has 0 saturated carbocycles. The molecule has 1 unspecified atom stereocenters. The van der Waals surface area contributed by atoms with Crippen LogP contribution in [0.5, 0.6) is 5.75 Å². The zero-order chi connectivity index (χ0) is 22.0. The molecule has 1 atom stereocenters. The molecule has 5 nitrogen and oxygen atoms in total. The quantitative estimate of drug-likeness (QED) is 0.614. The number of aromatic nitrogens is 2. The van der Waals surface area contributed by atoms with Gasteiger partial charge in [0.15, 0.2) is 0 Å². The molecule has 166 valence electrons. The van der Waals surface area contributed by atoms with Crippen LogP contribution in [0.25, 0.3) is 22.4 Å². The molecule has 1 saturated heterocycles. The van der Waals surface area contributed by atoms with E-state index in [2.05, 4.69) is 79.9 Å². The van der Waals surface area contributed by atoms with Crippen LogP contribution in [0.4, 0.5) is 0 Å². The van der Waals surface area contributed by atoms with Crippen molar-refractivity contribution >= 4 is 11.0 Å². The van der Waals surface area contributed by atoms with E-state index < -0.39 is 0 Å². The molecule has 0 amide bonds.